The summed E-state index contributed by atoms with van der Waals surface area (Å²) >= 11 is 0. The molecule has 1 aliphatic heterocycles. The monoisotopic (exact) mass is 352 g/mol. The first kappa shape index (κ1) is 16.4. The zero-order chi connectivity index (χ0) is 18.2. The van der Waals surface area contributed by atoms with Crippen LogP contribution in [0.2, 0.25) is 0 Å². The molecule has 0 unspecified atom stereocenters. The van der Waals surface area contributed by atoms with Gasteiger partial charge in [-0.05, 0) is 30.3 Å². The number of nitrogens with zero attached hydrogens (tertiary/aromatic N) is 2. The highest BCUT2D eigenvalue weighted by Crippen LogP contribution is 2.30. The van der Waals surface area contributed by atoms with E-state index in [4.69, 9.17) is 9.15 Å². The van der Waals surface area contributed by atoms with Gasteiger partial charge in [0.1, 0.15) is 10.7 Å². The lowest BCUT2D eigenvalue weighted by Crippen LogP contribution is -2.08. The minimum Gasteiger partial charge on any atom is -0.402 e. The molecule has 0 N–H and O–H groups in total. The van der Waals surface area contributed by atoms with E-state index in [9.17, 15) is 28.1 Å². The number of hydrogen-bond acceptors (Lipinski definition) is 6. The number of hydrogen-bond donors (Lipinski definition) is 0. The Balaban J connectivity index is 1.86. The van der Waals surface area contributed by atoms with Crippen molar-refractivity contribution in [1.29, 1.82) is 0 Å². The molecule has 25 heavy (non-hydrogen) atoms. The number of carbonyl (C=O) groups is 1. The molecular weight excluding hydrogens is 345 g/mol. The summed E-state index contributed by atoms with van der Waals surface area (Å²) in [5.74, 6) is -1.53. The van der Waals surface area contributed by atoms with E-state index in [1.807, 2.05) is 0 Å². The Labute approximate surface area is 137 Å². The lowest BCUT2D eigenvalue weighted by Gasteiger charge is -2.06. The third kappa shape index (κ3) is 3.42. The second-order valence-corrected chi connectivity index (χ2v) is 4.84. The van der Waals surface area contributed by atoms with E-state index in [0.717, 1.165) is 36.4 Å². The van der Waals surface area contributed by atoms with Gasteiger partial charge in [0.2, 0.25) is 5.90 Å². The number of esters is 1. The van der Waals surface area contributed by atoms with Gasteiger partial charge < -0.3 is 9.15 Å². The SMILES string of the molecule is O=C1OC(c2ccc(C(F)(F)F)cc2)=N/C1=C\c1ccc([N+](=O)[O-])o1. The minimum absolute atomic E-state index is 0.0102. The van der Waals surface area contributed by atoms with Gasteiger partial charge in [-0.25, -0.2) is 9.79 Å². The van der Waals surface area contributed by atoms with Crippen LogP contribution >= 0.6 is 0 Å². The van der Waals surface area contributed by atoms with Crippen LogP contribution in [-0.4, -0.2) is 16.8 Å². The fourth-order valence-electron chi connectivity index (χ4n) is 1.99. The summed E-state index contributed by atoms with van der Waals surface area (Å²) in [5, 5.41) is 10.5. The summed E-state index contributed by atoms with van der Waals surface area (Å²) in [7, 11) is 0. The van der Waals surface area contributed by atoms with Gasteiger partial charge in [0.25, 0.3) is 0 Å². The number of benzene rings is 1. The van der Waals surface area contributed by atoms with Crippen molar-refractivity contribution in [2.45, 2.75) is 6.18 Å². The Kier molecular flexibility index (Phi) is 3.87. The maximum Gasteiger partial charge on any atom is 0.433 e. The quantitative estimate of drug-likeness (QED) is 0.364. The number of nitro groups is 1. The van der Waals surface area contributed by atoms with Crippen molar-refractivity contribution in [3.63, 3.8) is 0 Å². The number of halogens is 3. The molecule has 3 rings (SSSR count). The molecule has 1 aromatic carbocycles. The lowest BCUT2D eigenvalue weighted by atomic mass is 10.1. The first-order chi connectivity index (χ1) is 11.7. The van der Waals surface area contributed by atoms with Gasteiger partial charge in [-0.1, -0.05) is 0 Å². The molecule has 128 valence electrons. The third-order valence-electron chi connectivity index (χ3n) is 3.15. The van der Waals surface area contributed by atoms with Crippen molar-refractivity contribution >= 4 is 23.8 Å². The lowest BCUT2D eigenvalue weighted by molar-refractivity contribution is -0.402. The Morgan fingerprint density at radius 1 is 1.12 bits per heavy atom. The number of aliphatic imine (C=N–C) groups is 1. The summed E-state index contributed by atoms with van der Waals surface area (Å²) in [6.45, 7) is 0. The number of cyclic esters (lactones) is 1. The zero-order valence-corrected chi connectivity index (χ0v) is 12.1. The standard InChI is InChI=1S/C15H7F3N2O5/c16-15(17,18)9-3-1-8(2-4-9)13-19-11(14(21)25-13)7-10-5-6-12(24-10)20(22)23/h1-7H/b11-7-. The van der Waals surface area contributed by atoms with Gasteiger partial charge in [0, 0.05) is 11.6 Å². The molecule has 7 nitrogen and oxygen atoms in total. The zero-order valence-electron chi connectivity index (χ0n) is 12.1. The van der Waals surface area contributed by atoms with Crippen molar-refractivity contribution in [1.82, 2.24) is 0 Å². The number of furan rings is 1. The number of rotatable bonds is 3. The maximum atomic E-state index is 12.5. The molecule has 1 aromatic heterocycles. The second kappa shape index (κ2) is 5.89. The molecule has 0 aliphatic carbocycles. The van der Waals surface area contributed by atoms with Crippen molar-refractivity contribution in [3.8, 4) is 0 Å². The predicted molar refractivity (Wildman–Crippen MR) is 77.4 cm³/mol. The predicted octanol–water partition coefficient (Wildman–Crippen LogP) is 3.55. The number of carbonyl (C=O) groups excluding carboxylic acids is 1. The van der Waals surface area contributed by atoms with Crippen LogP contribution in [0.5, 0.6) is 0 Å². The van der Waals surface area contributed by atoms with Crippen LogP contribution in [0, 0.1) is 10.1 Å². The average molecular weight is 352 g/mol. The van der Waals surface area contributed by atoms with Crippen LogP contribution in [0.25, 0.3) is 6.08 Å². The number of ether oxygens (including phenoxy) is 1. The van der Waals surface area contributed by atoms with Gasteiger partial charge in [-0.2, -0.15) is 13.2 Å². The van der Waals surface area contributed by atoms with E-state index in [0.29, 0.717) is 0 Å². The van der Waals surface area contributed by atoms with Crippen molar-refractivity contribution in [2.75, 3.05) is 0 Å². The molecule has 2 aromatic rings. The topological polar surface area (TPSA) is 94.9 Å². The summed E-state index contributed by atoms with van der Waals surface area (Å²) in [5.41, 5.74) is -0.867. The molecule has 0 fully saturated rings. The molecule has 0 atom stereocenters. The Hall–Kier alpha value is -3.43. The summed E-state index contributed by atoms with van der Waals surface area (Å²) in [6.07, 6.45) is -3.35. The highest BCUT2D eigenvalue weighted by Gasteiger charge is 2.31. The van der Waals surface area contributed by atoms with E-state index < -0.39 is 28.5 Å². The van der Waals surface area contributed by atoms with E-state index >= 15 is 0 Å². The summed E-state index contributed by atoms with van der Waals surface area (Å²) in [4.78, 5) is 25.4. The number of alkyl halides is 3. The molecule has 0 spiro atoms. The fourth-order valence-corrected chi connectivity index (χ4v) is 1.99. The van der Waals surface area contributed by atoms with Gasteiger partial charge in [-0.15, -0.1) is 0 Å². The fraction of sp³-hybridized carbons (Fsp3) is 0.0667. The van der Waals surface area contributed by atoms with Crippen molar-refractivity contribution < 1.29 is 32.0 Å². The first-order valence-electron chi connectivity index (χ1n) is 6.68. The maximum absolute atomic E-state index is 12.5. The highest BCUT2D eigenvalue weighted by atomic mass is 19.4. The van der Waals surface area contributed by atoms with Gasteiger partial charge in [0.05, 0.1) is 11.6 Å². The molecule has 0 saturated heterocycles. The summed E-state index contributed by atoms with van der Waals surface area (Å²) in [6, 6.07) is 6.29. The highest BCUT2D eigenvalue weighted by molar-refractivity contribution is 6.12. The minimum atomic E-state index is -4.48. The first-order valence-corrected chi connectivity index (χ1v) is 6.68. The van der Waals surface area contributed by atoms with Crippen molar-refractivity contribution in [2.24, 2.45) is 4.99 Å². The van der Waals surface area contributed by atoms with Gasteiger partial charge in [0.15, 0.2) is 5.70 Å². The second-order valence-electron chi connectivity index (χ2n) is 4.84. The van der Waals surface area contributed by atoms with Crippen molar-refractivity contribution in [3.05, 3.63) is 69.1 Å². The van der Waals surface area contributed by atoms with Crippen LogP contribution in [0.1, 0.15) is 16.9 Å². The van der Waals surface area contributed by atoms with Crippen LogP contribution in [0.15, 0.2) is 51.5 Å². The van der Waals surface area contributed by atoms with E-state index in [1.54, 1.807) is 0 Å². The van der Waals surface area contributed by atoms with E-state index in [-0.39, 0.29) is 22.9 Å². The smallest absolute Gasteiger partial charge is 0.402 e. The Bertz CT molecular complexity index is 910. The van der Waals surface area contributed by atoms with Gasteiger partial charge in [-0.3, -0.25) is 10.1 Å². The normalized spacial score (nSPS) is 16.0. The van der Waals surface area contributed by atoms with Crippen LogP contribution < -0.4 is 0 Å². The average Bonchev–Trinajstić information content (AvgIpc) is 3.15. The molecular formula is C15H7F3N2O5. The largest absolute Gasteiger partial charge is 0.433 e. The molecule has 0 amide bonds. The van der Waals surface area contributed by atoms with Gasteiger partial charge >= 0.3 is 18.0 Å². The molecule has 0 radical (unpaired) electrons. The van der Waals surface area contributed by atoms with Crippen LogP contribution in [-0.2, 0) is 15.7 Å². The molecule has 0 saturated carbocycles. The van der Waals surface area contributed by atoms with Crippen LogP contribution in [0.3, 0.4) is 0 Å². The molecule has 10 heteroatoms. The summed E-state index contributed by atoms with van der Waals surface area (Å²) < 4.78 is 47.4. The molecule has 0 bridgehead atoms. The third-order valence-corrected chi connectivity index (χ3v) is 3.15. The molecule has 1 aliphatic rings. The van der Waals surface area contributed by atoms with E-state index in [1.165, 1.54) is 6.07 Å². The van der Waals surface area contributed by atoms with Crippen LogP contribution in [0.4, 0.5) is 19.1 Å². The Morgan fingerprint density at radius 2 is 1.80 bits per heavy atom. The Morgan fingerprint density at radius 3 is 2.36 bits per heavy atom. The van der Waals surface area contributed by atoms with E-state index in [2.05, 4.69) is 4.99 Å². The molecule has 2 heterocycles.